The number of nitrogens with two attached hydrogens (primary N) is 1. The monoisotopic (exact) mass is 236 g/mol. The largest absolute Gasteiger partial charge is 0.478 e. The Kier molecular flexibility index (Phi) is 3.21. The third kappa shape index (κ3) is 3.30. The van der Waals surface area contributed by atoms with Gasteiger partial charge in [0, 0.05) is 6.20 Å². The second-order valence-electron chi connectivity index (χ2n) is 2.83. The molecule has 1 heterocycles. The van der Waals surface area contributed by atoms with Crippen LogP contribution in [0.25, 0.3) is 0 Å². The van der Waals surface area contributed by atoms with E-state index in [0.29, 0.717) is 0 Å². The van der Waals surface area contributed by atoms with Gasteiger partial charge in [0.25, 0.3) is 0 Å². The Bertz CT molecular complexity index is 406. The van der Waals surface area contributed by atoms with Crippen LogP contribution in [-0.4, -0.2) is 28.8 Å². The summed E-state index contributed by atoms with van der Waals surface area (Å²) in [5.41, 5.74) is 4.79. The summed E-state index contributed by atoms with van der Waals surface area (Å²) in [7, 11) is 0. The van der Waals surface area contributed by atoms with Crippen molar-refractivity contribution in [3.63, 3.8) is 0 Å². The molecule has 0 fully saturated rings. The van der Waals surface area contributed by atoms with Crippen LogP contribution < -0.4 is 10.5 Å². The number of halogens is 3. The third-order valence-electron chi connectivity index (χ3n) is 1.50. The molecule has 0 unspecified atom stereocenters. The summed E-state index contributed by atoms with van der Waals surface area (Å²) in [6.07, 6.45) is -3.63. The van der Waals surface area contributed by atoms with Crippen molar-refractivity contribution >= 4 is 11.7 Å². The first-order valence-corrected chi connectivity index (χ1v) is 3.98. The Balaban J connectivity index is 2.80. The van der Waals surface area contributed by atoms with Crippen molar-refractivity contribution in [2.45, 2.75) is 6.18 Å². The zero-order chi connectivity index (χ0) is 12.3. The predicted octanol–water partition coefficient (Wildman–Crippen LogP) is 1.30. The van der Waals surface area contributed by atoms with E-state index in [1.54, 1.807) is 0 Å². The van der Waals surface area contributed by atoms with E-state index in [9.17, 15) is 18.0 Å². The maximum Gasteiger partial charge on any atom is 0.422 e. The highest BCUT2D eigenvalue weighted by Crippen LogP contribution is 2.22. The number of carboxylic acids is 1. The number of hydrogen-bond acceptors (Lipinski definition) is 4. The van der Waals surface area contributed by atoms with E-state index in [1.807, 2.05) is 0 Å². The van der Waals surface area contributed by atoms with Gasteiger partial charge in [-0.25, -0.2) is 9.78 Å². The highest BCUT2D eigenvalue weighted by atomic mass is 19.4. The molecule has 16 heavy (non-hydrogen) atoms. The van der Waals surface area contributed by atoms with Gasteiger partial charge >= 0.3 is 12.1 Å². The van der Waals surface area contributed by atoms with Crippen LogP contribution in [-0.2, 0) is 0 Å². The summed E-state index contributed by atoms with van der Waals surface area (Å²) in [6.45, 7) is -1.53. The molecule has 0 saturated heterocycles. The zero-order valence-corrected chi connectivity index (χ0v) is 7.78. The fourth-order valence-electron chi connectivity index (χ4n) is 0.857. The number of hydrogen-bond donors (Lipinski definition) is 2. The smallest absolute Gasteiger partial charge is 0.422 e. The Morgan fingerprint density at radius 1 is 1.56 bits per heavy atom. The number of nitrogen functional groups attached to an aromatic ring is 1. The number of carbonyl (C=O) groups is 1. The van der Waals surface area contributed by atoms with E-state index in [-0.39, 0.29) is 11.3 Å². The fourth-order valence-corrected chi connectivity index (χ4v) is 0.857. The van der Waals surface area contributed by atoms with E-state index in [2.05, 4.69) is 9.72 Å². The molecule has 0 bridgehead atoms. The molecule has 0 aliphatic heterocycles. The highest BCUT2D eigenvalue weighted by Gasteiger charge is 2.29. The molecular weight excluding hydrogens is 229 g/mol. The van der Waals surface area contributed by atoms with Gasteiger partial charge in [0.2, 0.25) is 5.88 Å². The number of ether oxygens (including phenoxy) is 1. The average Bonchev–Trinajstić information content (AvgIpc) is 2.14. The molecule has 0 amide bonds. The van der Waals surface area contributed by atoms with Crippen molar-refractivity contribution in [3.05, 3.63) is 17.8 Å². The molecular formula is C8H7F3N2O3. The summed E-state index contributed by atoms with van der Waals surface area (Å²) >= 11 is 0. The SMILES string of the molecule is Nc1cc(C(=O)O)cnc1OCC(F)(F)F. The van der Waals surface area contributed by atoms with Gasteiger partial charge in [-0.3, -0.25) is 0 Å². The number of aromatic nitrogens is 1. The number of rotatable bonds is 3. The Morgan fingerprint density at radius 2 is 2.19 bits per heavy atom. The molecule has 0 aliphatic rings. The lowest BCUT2D eigenvalue weighted by Crippen LogP contribution is -2.20. The summed E-state index contributed by atoms with van der Waals surface area (Å²) in [5.74, 6) is -1.72. The number of alkyl halides is 3. The van der Waals surface area contributed by atoms with E-state index in [1.165, 1.54) is 0 Å². The van der Waals surface area contributed by atoms with E-state index in [0.717, 1.165) is 12.3 Å². The van der Waals surface area contributed by atoms with Crippen LogP contribution in [0.2, 0.25) is 0 Å². The first-order chi connectivity index (χ1) is 7.29. The van der Waals surface area contributed by atoms with Gasteiger partial charge < -0.3 is 15.6 Å². The van der Waals surface area contributed by atoms with Gasteiger partial charge in [0.05, 0.1) is 11.3 Å². The van der Waals surface area contributed by atoms with E-state index >= 15 is 0 Å². The van der Waals surface area contributed by atoms with Crippen LogP contribution in [0.5, 0.6) is 5.88 Å². The van der Waals surface area contributed by atoms with Gasteiger partial charge in [-0.05, 0) is 6.07 Å². The maximum absolute atomic E-state index is 11.8. The van der Waals surface area contributed by atoms with Crippen LogP contribution in [0.15, 0.2) is 12.3 Å². The van der Waals surface area contributed by atoms with Crippen molar-refractivity contribution in [2.75, 3.05) is 12.3 Å². The van der Waals surface area contributed by atoms with Gasteiger partial charge in [0.1, 0.15) is 0 Å². The molecule has 0 saturated carbocycles. The first kappa shape index (κ1) is 12.1. The maximum atomic E-state index is 11.8. The van der Waals surface area contributed by atoms with Crippen LogP contribution in [0.3, 0.4) is 0 Å². The van der Waals surface area contributed by atoms with Crippen LogP contribution >= 0.6 is 0 Å². The molecule has 0 aliphatic carbocycles. The number of carboxylic acid groups (broad SMARTS) is 1. The quantitative estimate of drug-likeness (QED) is 0.826. The minimum absolute atomic E-state index is 0.225. The van der Waals surface area contributed by atoms with Crippen LogP contribution in [0.4, 0.5) is 18.9 Å². The van der Waals surface area contributed by atoms with Crippen molar-refractivity contribution in [1.29, 1.82) is 0 Å². The Hall–Kier alpha value is -1.99. The van der Waals surface area contributed by atoms with Gasteiger partial charge in [-0.15, -0.1) is 0 Å². The molecule has 0 atom stereocenters. The molecule has 3 N–H and O–H groups in total. The normalized spacial score (nSPS) is 11.2. The average molecular weight is 236 g/mol. The van der Waals surface area contributed by atoms with Crippen molar-refractivity contribution in [3.8, 4) is 5.88 Å². The second-order valence-corrected chi connectivity index (χ2v) is 2.83. The molecule has 0 radical (unpaired) electrons. The lowest BCUT2D eigenvalue weighted by molar-refractivity contribution is -0.153. The van der Waals surface area contributed by atoms with Gasteiger partial charge in [-0.2, -0.15) is 13.2 Å². The summed E-state index contributed by atoms with van der Waals surface area (Å²) in [4.78, 5) is 13.8. The van der Waals surface area contributed by atoms with Crippen LogP contribution in [0, 0.1) is 0 Å². The number of nitrogens with zero attached hydrogens (tertiary/aromatic N) is 1. The third-order valence-corrected chi connectivity index (χ3v) is 1.50. The summed E-state index contributed by atoms with van der Waals surface area (Å²) < 4.78 is 39.7. The zero-order valence-electron chi connectivity index (χ0n) is 7.78. The first-order valence-electron chi connectivity index (χ1n) is 3.98. The standard InChI is InChI=1S/C8H7F3N2O3/c9-8(10,11)3-16-6-5(12)1-4(2-13-6)7(14)15/h1-2H,3,12H2,(H,14,15). The summed E-state index contributed by atoms with van der Waals surface area (Å²) in [6, 6.07) is 0.973. The highest BCUT2D eigenvalue weighted by molar-refractivity contribution is 5.88. The van der Waals surface area contributed by atoms with Gasteiger partial charge in [-0.1, -0.05) is 0 Å². The summed E-state index contributed by atoms with van der Waals surface area (Å²) in [5, 5.41) is 8.54. The minimum Gasteiger partial charge on any atom is -0.478 e. The van der Waals surface area contributed by atoms with Crippen LogP contribution in [0.1, 0.15) is 10.4 Å². The molecule has 88 valence electrons. The molecule has 8 heteroatoms. The lowest BCUT2D eigenvalue weighted by atomic mass is 10.2. The van der Waals surface area contributed by atoms with Crippen molar-refractivity contribution in [2.24, 2.45) is 0 Å². The van der Waals surface area contributed by atoms with Crippen molar-refractivity contribution in [1.82, 2.24) is 4.98 Å². The topological polar surface area (TPSA) is 85.4 Å². The number of aromatic carboxylic acids is 1. The van der Waals surface area contributed by atoms with Crippen molar-refractivity contribution < 1.29 is 27.8 Å². The number of anilines is 1. The Morgan fingerprint density at radius 3 is 2.62 bits per heavy atom. The molecule has 0 aromatic carbocycles. The molecule has 1 aromatic rings. The predicted molar refractivity (Wildman–Crippen MR) is 47.2 cm³/mol. The number of pyridine rings is 1. The molecule has 1 rings (SSSR count). The molecule has 5 nitrogen and oxygen atoms in total. The van der Waals surface area contributed by atoms with Gasteiger partial charge in [0.15, 0.2) is 6.61 Å². The fraction of sp³-hybridized carbons (Fsp3) is 0.250. The van der Waals surface area contributed by atoms with E-state index < -0.39 is 24.6 Å². The molecule has 0 spiro atoms. The minimum atomic E-state index is -4.50. The van der Waals surface area contributed by atoms with E-state index in [4.69, 9.17) is 10.8 Å². The Labute approximate surface area is 87.7 Å². The second kappa shape index (κ2) is 4.25. The molecule has 1 aromatic heterocycles. The lowest BCUT2D eigenvalue weighted by Gasteiger charge is -2.10.